The van der Waals surface area contributed by atoms with Crippen LogP contribution in [0.3, 0.4) is 0 Å². The van der Waals surface area contributed by atoms with Crippen molar-refractivity contribution in [3.63, 3.8) is 0 Å². The standard InChI is InChI=1S/C16H21NO2/c1-2-14-10-6-7-11-15(14)17-16(18)19-12-13-8-4-3-5-9-13/h3-6,8-10,14-15H,2,7,11-12H2,1H3,(H,17,18)/t14?,15-/m0/s1. The van der Waals surface area contributed by atoms with Gasteiger partial charge < -0.3 is 10.1 Å². The molecule has 0 spiro atoms. The van der Waals surface area contributed by atoms with E-state index in [0.29, 0.717) is 12.5 Å². The van der Waals surface area contributed by atoms with Crippen molar-refractivity contribution in [2.45, 2.75) is 38.8 Å². The van der Waals surface area contributed by atoms with Crippen LogP contribution in [0.1, 0.15) is 31.7 Å². The van der Waals surface area contributed by atoms with Crippen molar-refractivity contribution in [2.75, 3.05) is 0 Å². The first-order chi connectivity index (χ1) is 9.29. The molecule has 19 heavy (non-hydrogen) atoms. The Balaban J connectivity index is 1.79. The number of alkyl carbamates (subject to hydrolysis) is 1. The number of allylic oxidation sites excluding steroid dienone is 1. The molecule has 1 aliphatic rings. The molecule has 1 N–H and O–H groups in total. The van der Waals surface area contributed by atoms with Gasteiger partial charge in [0.1, 0.15) is 6.61 Å². The summed E-state index contributed by atoms with van der Waals surface area (Å²) in [7, 11) is 0. The first-order valence-corrected chi connectivity index (χ1v) is 6.93. The van der Waals surface area contributed by atoms with Gasteiger partial charge in [0.15, 0.2) is 0 Å². The highest BCUT2D eigenvalue weighted by Crippen LogP contribution is 2.20. The van der Waals surface area contributed by atoms with Gasteiger partial charge in [-0.1, -0.05) is 49.4 Å². The maximum Gasteiger partial charge on any atom is 0.407 e. The topological polar surface area (TPSA) is 38.3 Å². The smallest absolute Gasteiger partial charge is 0.407 e. The molecule has 0 fully saturated rings. The monoisotopic (exact) mass is 259 g/mol. The lowest BCUT2D eigenvalue weighted by Crippen LogP contribution is -2.40. The number of carbonyl (C=O) groups excluding carboxylic acids is 1. The van der Waals surface area contributed by atoms with Crippen molar-refractivity contribution in [1.29, 1.82) is 0 Å². The normalized spacial score (nSPS) is 21.9. The van der Waals surface area contributed by atoms with E-state index in [1.54, 1.807) is 0 Å². The summed E-state index contributed by atoms with van der Waals surface area (Å²) in [6.45, 7) is 2.47. The lowest BCUT2D eigenvalue weighted by molar-refractivity contribution is 0.132. The zero-order chi connectivity index (χ0) is 13.5. The summed E-state index contributed by atoms with van der Waals surface area (Å²) in [6, 6.07) is 9.93. The molecule has 102 valence electrons. The number of ether oxygens (including phenoxy) is 1. The van der Waals surface area contributed by atoms with Gasteiger partial charge in [-0.25, -0.2) is 4.79 Å². The third-order valence-electron chi connectivity index (χ3n) is 3.53. The Labute approximate surface area is 114 Å². The van der Waals surface area contributed by atoms with E-state index in [1.165, 1.54) is 0 Å². The average molecular weight is 259 g/mol. The van der Waals surface area contributed by atoms with E-state index in [9.17, 15) is 4.79 Å². The summed E-state index contributed by atoms with van der Waals surface area (Å²) in [6.07, 6.45) is 7.14. The molecular weight excluding hydrogens is 238 g/mol. The summed E-state index contributed by atoms with van der Waals surface area (Å²) < 4.78 is 5.25. The highest BCUT2D eigenvalue weighted by molar-refractivity contribution is 5.67. The van der Waals surface area contributed by atoms with Crippen molar-refractivity contribution in [1.82, 2.24) is 5.32 Å². The molecule has 1 amide bonds. The Kier molecular flexibility index (Phi) is 5.01. The molecule has 1 aromatic rings. The minimum Gasteiger partial charge on any atom is -0.445 e. The van der Waals surface area contributed by atoms with Gasteiger partial charge in [0.2, 0.25) is 0 Å². The Hall–Kier alpha value is -1.77. The SMILES string of the molecule is CCC1C=CCC[C@@H]1NC(=O)OCc1ccccc1. The lowest BCUT2D eigenvalue weighted by atomic mass is 9.88. The molecule has 3 heteroatoms. The first-order valence-electron chi connectivity index (χ1n) is 6.93. The largest absolute Gasteiger partial charge is 0.445 e. The number of hydrogen-bond acceptors (Lipinski definition) is 2. The highest BCUT2D eigenvalue weighted by Gasteiger charge is 2.22. The number of carbonyl (C=O) groups is 1. The third kappa shape index (κ3) is 4.12. The van der Waals surface area contributed by atoms with E-state index in [4.69, 9.17) is 4.74 Å². The second kappa shape index (κ2) is 6.98. The molecule has 0 saturated heterocycles. The van der Waals surface area contributed by atoms with Gasteiger partial charge in [-0.3, -0.25) is 0 Å². The molecule has 1 aliphatic carbocycles. The van der Waals surface area contributed by atoms with Crippen molar-refractivity contribution in [2.24, 2.45) is 5.92 Å². The van der Waals surface area contributed by atoms with Crippen molar-refractivity contribution >= 4 is 6.09 Å². The number of rotatable bonds is 4. The minimum atomic E-state index is -0.317. The zero-order valence-corrected chi connectivity index (χ0v) is 11.3. The number of benzene rings is 1. The van der Waals surface area contributed by atoms with Crippen molar-refractivity contribution in [3.8, 4) is 0 Å². The highest BCUT2D eigenvalue weighted by atomic mass is 16.5. The van der Waals surface area contributed by atoms with Gasteiger partial charge in [0.25, 0.3) is 0 Å². The fourth-order valence-corrected chi connectivity index (χ4v) is 2.41. The Morgan fingerprint density at radius 3 is 2.89 bits per heavy atom. The quantitative estimate of drug-likeness (QED) is 0.838. The van der Waals surface area contributed by atoms with Gasteiger partial charge in [-0.2, -0.15) is 0 Å². The fraction of sp³-hybridized carbons (Fsp3) is 0.438. The molecular formula is C16H21NO2. The Bertz CT molecular complexity index is 428. The van der Waals surface area contributed by atoms with Crippen LogP contribution in [0.15, 0.2) is 42.5 Å². The molecule has 0 saturated carbocycles. The van der Waals surface area contributed by atoms with Gasteiger partial charge in [0.05, 0.1) is 0 Å². The number of hydrogen-bond donors (Lipinski definition) is 1. The van der Waals surface area contributed by atoms with Crippen LogP contribution in [0.25, 0.3) is 0 Å². The van der Waals surface area contributed by atoms with E-state index in [0.717, 1.165) is 24.8 Å². The van der Waals surface area contributed by atoms with Gasteiger partial charge >= 0.3 is 6.09 Å². The van der Waals surface area contributed by atoms with E-state index in [2.05, 4.69) is 24.4 Å². The van der Waals surface area contributed by atoms with Crippen molar-refractivity contribution < 1.29 is 9.53 Å². The predicted octanol–water partition coefficient (Wildman–Crippen LogP) is 3.66. The molecule has 1 aromatic carbocycles. The lowest BCUT2D eigenvalue weighted by Gasteiger charge is -2.27. The summed E-state index contributed by atoms with van der Waals surface area (Å²) in [5.41, 5.74) is 1.01. The van der Waals surface area contributed by atoms with E-state index >= 15 is 0 Å². The summed E-state index contributed by atoms with van der Waals surface area (Å²) in [4.78, 5) is 11.8. The summed E-state index contributed by atoms with van der Waals surface area (Å²) in [5, 5.41) is 2.98. The van der Waals surface area contributed by atoms with Gasteiger partial charge in [0, 0.05) is 6.04 Å². The summed E-state index contributed by atoms with van der Waals surface area (Å²) >= 11 is 0. The minimum absolute atomic E-state index is 0.207. The molecule has 0 heterocycles. The van der Waals surface area contributed by atoms with Crippen LogP contribution in [0.4, 0.5) is 4.79 Å². The van der Waals surface area contributed by atoms with Crippen LogP contribution in [0.2, 0.25) is 0 Å². The third-order valence-corrected chi connectivity index (χ3v) is 3.53. The van der Waals surface area contributed by atoms with Crippen LogP contribution in [0.5, 0.6) is 0 Å². The number of nitrogens with one attached hydrogen (secondary N) is 1. The predicted molar refractivity (Wildman–Crippen MR) is 75.7 cm³/mol. The molecule has 3 nitrogen and oxygen atoms in total. The number of amides is 1. The van der Waals surface area contributed by atoms with E-state index in [-0.39, 0.29) is 12.1 Å². The average Bonchev–Trinajstić information content (AvgIpc) is 2.47. The molecule has 1 unspecified atom stereocenters. The van der Waals surface area contributed by atoms with Crippen LogP contribution in [-0.2, 0) is 11.3 Å². The van der Waals surface area contributed by atoms with Gasteiger partial charge in [-0.05, 0) is 30.7 Å². The molecule has 0 aromatic heterocycles. The molecule has 2 atom stereocenters. The molecule has 0 aliphatic heterocycles. The van der Waals surface area contributed by atoms with Crippen LogP contribution >= 0.6 is 0 Å². The maximum absolute atomic E-state index is 11.8. The van der Waals surface area contributed by atoms with Crippen LogP contribution in [-0.4, -0.2) is 12.1 Å². The Morgan fingerprint density at radius 1 is 1.37 bits per heavy atom. The van der Waals surface area contributed by atoms with Crippen LogP contribution < -0.4 is 5.32 Å². The van der Waals surface area contributed by atoms with Crippen molar-refractivity contribution in [3.05, 3.63) is 48.0 Å². The van der Waals surface area contributed by atoms with E-state index < -0.39 is 0 Å². The molecule has 2 rings (SSSR count). The summed E-state index contributed by atoms with van der Waals surface area (Å²) in [5.74, 6) is 0.429. The second-order valence-corrected chi connectivity index (χ2v) is 4.89. The molecule has 0 radical (unpaired) electrons. The maximum atomic E-state index is 11.8. The first kappa shape index (κ1) is 13.7. The second-order valence-electron chi connectivity index (χ2n) is 4.89. The van der Waals surface area contributed by atoms with Crippen LogP contribution in [0, 0.1) is 5.92 Å². The fourth-order valence-electron chi connectivity index (χ4n) is 2.41. The van der Waals surface area contributed by atoms with Gasteiger partial charge in [-0.15, -0.1) is 0 Å². The molecule has 0 bridgehead atoms. The zero-order valence-electron chi connectivity index (χ0n) is 11.3. The van der Waals surface area contributed by atoms with E-state index in [1.807, 2.05) is 30.3 Å². The Morgan fingerprint density at radius 2 is 2.16 bits per heavy atom.